The molecule has 0 saturated carbocycles. The van der Waals surface area contributed by atoms with Gasteiger partial charge in [-0.15, -0.1) is 10.2 Å². The number of carbonyl (C=O) groups excluding carboxylic acids is 1. The van der Waals surface area contributed by atoms with Crippen molar-refractivity contribution in [2.24, 2.45) is 0 Å². The van der Waals surface area contributed by atoms with E-state index in [2.05, 4.69) is 20.5 Å². The van der Waals surface area contributed by atoms with Crippen LogP contribution in [0.15, 0.2) is 53.9 Å². The maximum absolute atomic E-state index is 11.8. The van der Waals surface area contributed by atoms with Gasteiger partial charge in [0.1, 0.15) is 5.75 Å². The lowest BCUT2D eigenvalue weighted by Crippen LogP contribution is -2.24. The third-order valence-corrected chi connectivity index (χ3v) is 4.54. The number of carbonyl (C=O) groups is 1. The highest BCUT2D eigenvalue weighted by Crippen LogP contribution is 2.28. The van der Waals surface area contributed by atoms with Crippen LogP contribution >= 0.6 is 11.8 Å². The van der Waals surface area contributed by atoms with Crippen molar-refractivity contribution >= 4 is 17.7 Å². The van der Waals surface area contributed by atoms with Crippen LogP contribution < -0.4 is 10.1 Å². The van der Waals surface area contributed by atoms with Crippen LogP contribution in [0.1, 0.15) is 6.92 Å². The summed E-state index contributed by atoms with van der Waals surface area (Å²) in [4.78, 5) is 15.9. The van der Waals surface area contributed by atoms with Crippen LogP contribution in [-0.4, -0.2) is 45.1 Å². The Balaban J connectivity index is 1.99. The number of hydrogen-bond donors (Lipinski definition) is 1. The molecule has 0 saturated heterocycles. The average molecular weight is 369 g/mol. The Labute approximate surface area is 155 Å². The van der Waals surface area contributed by atoms with Gasteiger partial charge < -0.3 is 10.1 Å². The predicted octanol–water partition coefficient (Wildman–Crippen LogP) is 2.57. The largest absolute Gasteiger partial charge is 0.497 e. The number of amides is 1. The molecule has 2 aromatic heterocycles. The van der Waals surface area contributed by atoms with Crippen LogP contribution in [0, 0.1) is 0 Å². The quantitative estimate of drug-likeness (QED) is 0.645. The molecule has 0 unspecified atom stereocenters. The van der Waals surface area contributed by atoms with Gasteiger partial charge in [-0.3, -0.25) is 14.3 Å². The molecule has 0 aliphatic heterocycles. The highest BCUT2D eigenvalue weighted by molar-refractivity contribution is 7.99. The van der Waals surface area contributed by atoms with E-state index in [9.17, 15) is 4.79 Å². The molecule has 0 atom stereocenters. The van der Waals surface area contributed by atoms with Crippen LogP contribution in [0.5, 0.6) is 5.75 Å². The molecule has 0 bridgehead atoms. The van der Waals surface area contributed by atoms with Crippen LogP contribution in [0.2, 0.25) is 0 Å². The van der Waals surface area contributed by atoms with Gasteiger partial charge >= 0.3 is 0 Å². The molecule has 0 aliphatic carbocycles. The number of pyridine rings is 1. The molecular formula is C18H19N5O2S. The molecule has 0 fully saturated rings. The van der Waals surface area contributed by atoms with Crippen molar-refractivity contribution in [2.75, 3.05) is 19.4 Å². The van der Waals surface area contributed by atoms with Crippen molar-refractivity contribution in [1.82, 2.24) is 25.1 Å². The van der Waals surface area contributed by atoms with E-state index in [4.69, 9.17) is 4.74 Å². The van der Waals surface area contributed by atoms with Crippen LogP contribution in [0.3, 0.4) is 0 Å². The summed E-state index contributed by atoms with van der Waals surface area (Å²) in [5, 5.41) is 12.1. The van der Waals surface area contributed by atoms with Gasteiger partial charge in [0.25, 0.3) is 0 Å². The zero-order valence-corrected chi connectivity index (χ0v) is 15.4. The van der Waals surface area contributed by atoms with Crippen molar-refractivity contribution in [3.05, 3.63) is 48.8 Å². The summed E-state index contributed by atoms with van der Waals surface area (Å²) in [7, 11) is 1.63. The maximum atomic E-state index is 11.8. The normalized spacial score (nSPS) is 10.5. The van der Waals surface area contributed by atoms with Crippen molar-refractivity contribution in [2.45, 2.75) is 12.1 Å². The summed E-state index contributed by atoms with van der Waals surface area (Å²) in [5.41, 5.74) is 1.79. The van der Waals surface area contributed by atoms with Crippen LogP contribution in [0.4, 0.5) is 0 Å². The third kappa shape index (κ3) is 4.02. The van der Waals surface area contributed by atoms with Gasteiger partial charge in [0.15, 0.2) is 11.0 Å². The first-order valence-corrected chi connectivity index (χ1v) is 9.11. The van der Waals surface area contributed by atoms with Crippen molar-refractivity contribution < 1.29 is 9.53 Å². The Bertz CT molecular complexity index is 865. The number of methoxy groups -OCH3 is 1. The lowest BCUT2D eigenvalue weighted by atomic mass is 10.2. The average Bonchev–Trinajstić information content (AvgIpc) is 3.11. The van der Waals surface area contributed by atoms with E-state index < -0.39 is 0 Å². The standard InChI is InChI=1S/C18H19N5O2S/c1-3-20-16(24)12-26-18-22-21-17(13-8-10-19-11-9-13)23(18)14-4-6-15(25-2)7-5-14/h4-11H,3,12H2,1-2H3,(H,20,24). The van der Waals surface area contributed by atoms with E-state index in [0.29, 0.717) is 17.5 Å². The lowest BCUT2D eigenvalue weighted by Gasteiger charge is -2.11. The van der Waals surface area contributed by atoms with Crippen LogP contribution in [-0.2, 0) is 4.79 Å². The molecule has 0 spiro atoms. The monoisotopic (exact) mass is 369 g/mol. The Morgan fingerprint density at radius 2 is 1.88 bits per heavy atom. The molecule has 26 heavy (non-hydrogen) atoms. The molecular weight excluding hydrogens is 350 g/mol. The second kappa shape index (κ2) is 8.48. The molecule has 8 heteroatoms. The molecule has 134 valence electrons. The van der Waals surface area contributed by atoms with E-state index >= 15 is 0 Å². The van der Waals surface area contributed by atoms with Crippen molar-refractivity contribution in [3.63, 3.8) is 0 Å². The highest BCUT2D eigenvalue weighted by atomic mass is 32.2. The number of hydrogen-bond acceptors (Lipinski definition) is 6. The van der Waals surface area contributed by atoms with Gasteiger partial charge in [0, 0.05) is 30.2 Å². The van der Waals surface area contributed by atoms with Crippen molar-refractivity contribution in [1.29, 1.82) is 0 Å². The number of aromatic nitrogens is 4. The van der Waals surface area contributed by atoms with Gasteiger partial charge in [-0.05, 0) is 43.3 Å². The Hall–Kier alpha value is -2.87. The molecule has 3 rings (SSSR count). The van der Waals surface area contributed by atoms with Crippen molar-refractivity contribution in [3.8, 4) is 22.8 Å². The van der Waals surface area contributed by atoms with Gasteiger partial charge in [0.05, 0.1) is 12.9 Å². The summed E-state index contributed by atoms with van der Waals surface area (Å²) < 4.78 is 7.16. The molecule has 1 N–H and O–H groups in total. The number of ether oxygens (including phenoxy) is 1. The SMILES string of the molecule is CCNC(=O)CSc1nnc(-c2ccncc2)n1-c1ccc(OC)cc1. The van der Waals surface area contributed by atoms with E-state index in [1.54, 1.807) is 19.5 Å². The summed E-state index contributed by atoms with van der Waals surface area (Å²) in [6, 6.07) is 11.4. The second-order valence-electron chi connectivity index (χ2n) is 5.32. The second-order valence-corrected chi connectivity index (χ2v) is 6.26. The van der Waals surface area contributed by atoms with Gasteiger partial charge in [-0.25, -0.2) is 0 Å². The fourth-order valence-electron chi connectivity index (χ4n) is 2.39. The Morgan fingerprint density at radius 3 is 2.54 bits per heavy atom. The molecule has 1 amide bonds. The third-order valence-electron chi connectivity index (χ3n) is 3.61. The number of nitrogens with one attached hydrogen (secondary N) is 1. The maximum Gasteiger partial charge on any atom is 0.230 e. The van der Waals surface area contributed by atoms with E-state index in [1.165, 1.54) is 11.8 Å². The smallest absolute Gasteiger partial charge is 0.230 e. The fourth-order valence-corrected chi connectivity index (χ4v) is 3.18. The highest BCUT2D eigenvalue weighted by Gasteiger charge is 2.17. The first kappa shape index (κ1) is 17.9. The molecule has 7 nitrogen and oxygen atoms in total. The zero-order chi connectivity index (χ0) is 18.4. The van der Waals surface area contributed by atoms with E-state index in [-0.39, 0.29) is 11.7 Å². The first-order chi connectivity index (χ1) is 12.7. The number of nitrogens with zero attached hydrogens (tertiary/aromatic N) is 4. The number of benzene rings is 1. The lowest BCUT2D eigenvalue weighted by molar-refractivity contribution is -0.118. The summed E-state index contributed by atoms with van der Waals surface area (Å²) in [5.74, 6) is 1.70. The molecule has 1 aromatic carbocycles. The minimum Gasteiger partial charge on any atom is -0.497 e. The first-order valence-electron chi connectivity index (χ1n) is 8.12. The molecule has 0 radical (unpaired) electrons. The Morgan fingerprint density at radius 1 is 1.15 bits per heavy atom. The minimum absolute atomic E-state index is 0.0350. The minimum atomic E-state index is -0.0350. The van der Waals surface area contributed by atoms with Gasteiger partial charge in [-0.1, -0.05) is 11.8 Å². The molecule has 3 aromatic rings. The van der Waals surface area contributed by atoms with E-state index in [0.717, 1.165) is 17.0 Å². The number of rotatable bonds is 7. The number of thioether (sulfide) groups is 1. The van der Waals surface area contributed by atoms with Gasteiger partial charge in [-0.2, -0.15) is 0 Å². The van der Waals surface area contributed by atoms with Crippen LogP contribution in [0.25, 0.3) is 17.1 Å². The molecule has 2 heterocycles. The summed E-state index contributed by atoms with van der Waals surface area (Å²) >= 11 is 1.35. The molecule has 0 aliphatic rings. The topological polar surface area (TPSA) is 81.9 Å². The zero-order valence-electron chi connectivity index (χ0n) is 14.5. The summed E-state index contributed by atoms with van der Waals surface area (Å²) in [6.45, 7) is 2.50. The summed E-state index contributed by atoms with van der Waals surface area (Å²) in [6.07, 6.45) is 3.42. The predicted molar refractivity (Wildman–Crippen MR) is 101 cm³/mol. The van der Waals surface area contributed by atoms with E-state index in [1.807, 2.05) is 47.9 Å². The Kier molecular flexibility index (Phi) is 5.85. The fraction of sp³-hybridized carbons (Fsp3) is 0.222. The van der Waals surface area contributed by atoms with Gasteiger partial charge in [0.2, 0.25) is 5.91 Å².